The van der Waals surface area contributed by atoms with Crippen molar-refractivity contribution in [2.24, 2.45) is 0 Å². The van der Waals surface area contributed by atoms with Crippen molar-refractivity contribution >= 4 is 34.9 Å². The van der Waals surface area contributed by atoms with Crippen LogP contribution < -0.4 is 5.32 Å². The molecule has 0 saturated heterocycles. The van der Waals surface area contributed by atoms with Crippen molar-refractivity contribution in [2.45, 2.75) is 0 Å². The highest BCUT2D eigenvalue weighted by Crippen LogP contribution is 2.34. The molecule has 0 aliphatic carbocycles. The average molecular weight is 352 g/mol. The number of nitro benzene ring substituents is 1. The smallest absolute Gasteiger partial charge is 0.278 e. The molecule has 0 aromatic heterocycles. The Morgan fingerprint density at radius 2 is 1.80 bits per heavy atom. The van der Waals surface area contributed by atoms with Crippen LogP contribution in [0.2, 0.25) is 5.02 Å². The van der Waals surface area contributed by atoms with E-state index in [2.05, 4.69) is 5.32 Å². The first-order valence-electron chi connectivity index (χ1n) is 7.49. The number of anilines is 2. The fourth-order valence-corrected chi connectivity index (χ4v) is 2.71. The molecule has 5 nitrogen and oxygen atoms in total. The molecule has 0 fully saturated rings. The second kappa shape index (κ2) is 7.15. The van der Waals surface area contributed by atoms with Gasteiger partial charge in [-0.3, -0.25) is 10.1 Å². The molecule has 0 bridgehead atoms. The standard InChI is InChI=1S/C19H14ClN3O2/c20-15-7-8-17(19(11-15)23(24)25)13-6-9-18(14(10-13)12-21)22-16-4-2-1-3-5-16/h1-12,21-22H. The van der Waals surface area contributed by atoms with E-state index in [1.54, 1.807) is 30.3 Å². The summed E-state index contributed by atoms with van der Waals surface area (Å²) >= 11 is 5.87. The summed E-state index contributed by atoms with van der Waals surface area (Å²) in [4.78, 5) is 10.8. The second-order valence-corrected chi connectivity index (χ2v) is 5.79. The van der Waals surface area contributed by atoms with Gasteiger partial charge in [0.25, 0.3) is 5.69 Å². The minimum absolute atomic E-state index is 0.0628. The zero-order valence-corrected chi connectivity index (χ0v) is 13.8. The topological polar surface area (TPSA) is 79.0 Å². The van der Waals surface area contributed by atoms with Gasteiger partial charge in [0, 0.05) is 34.2 Å². The number of halogens is 1. The van der Waals surface area contributed by atoms with Crippen LogP contribution in [0.3, 0.4) is 0 Å². The molecule has 3 rings (SSSR count). The molecule has 0 atom stereocenters. The van der Waals surface area contributed by atoms with Gasteiger partial charge in [-0.05, 0) is 42.0 Å². The van der Waals surface area contributed by atoms with Gasteiger partial charge in [0.05, 0.1) is 10.5 Å². The van der Waals surface area contributed by atoms with Crippen LogP contribution in [-0.2, 0) is 0 Å². The van der Waals surface area contributed by atoms with Crippen LogP contribution in [0, 0.1) is 15.5 Å². The van der Waals surface area contributed by atoms with Gasteiger partial charge in [0.2, 0.25) is 0 Å². The van der Waals surface area contributed by atoms with E-state index in [0.29, 0.717) is 21.7 Å². The zero-order chi connectivity index (χ0) is 17.8. The first-order valence-corrected chi connectivity index (χ1v) is 7.87. The highest BCUT2D eigenvalue weighted by Gasteiger charge is 2.16. The van der Waals surface area contributed by atoms with E-state index in [0.717, 1.165) is 11.4 Å². The predicted molar refractivity (Wildman–Crippen MR) is 101 cm³/mol. The summed E-state index contributed by atoms with van der Waals surface area (Å²) in [5, 5.41) is 22.5. The Kier molecular flexibility index (Phi) is 4.77. The quantitative estimate of drug-likeness (QED) is 0.354. The van der Waals surface area contributed by atoms with Gasteiger partial charge in [-0.15, -0.1) is 0 Å². The minimum Gasteiger partial charge on any atom is -0.355 e. The average Bonchev–Trinajstić information content (AvgIpc) is 2.63. The maximum atomic E-state index is 11.3. The van der Waals surface area contributed by atoms with Crippen molar-refractivity contribution in [1.82, 2.24) is 0 Å². The minimum atomic E-state index is -0.457. The number of nitrogens with one attached hydrogen (secondary N) is 2. The summed E-state index contributed by atoms with van der Waals surface area (Å²) in [6.07, 6.45) is 1.22. The molecule has 0 aliphatic rings. The molecule has 6 heteroatoms. The summed E-state index contributed by atoms with van der Waals surface area (Å²) in [5.74, 6) is 0. The van der Waals surface area contributed by atoms with Crippen LogP contribution in [0.25, 0.3) is 11.1 Å². The fraction of sp³-hybridized carbons (Fsp3) is 0. The Balaban J connectivity index is 2.03. The highest BCUT2D eigenvalue weighted by atomic mass is 35.5. The number of hydrogen-bond acceptors (Lipinski definition) is 4. The number of rotatable bonds is 5. The van der Waals surface area contributed by atoms with Crippen molar-refractivity contribution in [2.75, 3.05) is 5.32 Å². The second-order valence-electron chi connectivity index (χ2n) is 5.36. The summed E-state index contributed by atoms with van der Waals surface area (Å²) in [6, 6.07) is 19.5. The largest absolute Gasteiger partial charge is 0.355 e. The van der Waals surface area contributed by atoms with E-state index in [-0.39, 0.29) is 5.69 Å². The highest BCUT2D eigenvalue weighted by molar-refractivity contribution is 6.31. The molecule has 3 aromatic carbocycles. The first-order chi connectivity index (χ1) is 12.1. The lowest BCUT2D eigenvalue weighted by Gasteiger charge is -2.12. The Morgan fingerprint density at radius 3 is 2.48 bits per heavy atom. The van der Waals surface area contributed by atoms with Crippen LogP contribution >= 0.6 is 11.6 Å². The van der Waals surface area contributed by atoms with E-state index in [1.165, 1.54) is 12.3 Å². The van der Waals surface area contributed by atoms with Crippen molar-refractivity contribution in [3.05, 3.63) is 87.4 Å². The van der Waals surface area contributed by atoms with E-state index in [9.17, 15) is 10.1 Å². The van der Waals surface area contributed by atoms with Gasteiger partial charge in [-0.2, -0.15) is 0 Å². The first kappa shape index (κ1) is 16.7. The Hall–Kier alpha value is -3.18. The predicted octanol–water partition coefficient (Wildman–Crippen LogP) is 5.66. The number of nitro groups is 1. The molecule has 0 heterocycles. The van der Waals surface area contributed by atoms with Crippen LogP contribution in [0.5, 0.6) is 0 Å². The van der Waals surface area contributed by atoms with E-state index in [4.69, 9.17) is 17.0 Å². The van der Waals surface area contributed by atoms with E-state index >= 15 is 0 Å². The third-order valence-corrected chi connectivity index (χ3v) is 3.96. The zero-order valence-electron chi connectivity index (χ0n) is 13.1. The number of nitrogens with zero attached hydrogens (tertiary/aromatic N) is 1. The maximum Gasteiger partial charge on any atom is 0.278 e. The molecular weight excluding hydrogens is 338 g/mol. The number of para-hydroxylation sites is 1. The molecule has 25 heavy (non-hydrogen) atoms. The lowest BCUT2D eigenvalue weighted by Crippen LogP contribution is -1.97. The summed E-state index contributed by atoms with van der Waals surface area (Å²) < 4.78 is 0. The van der Waals surface area contributed by atoms with Crippen molar-refractivity contribution in [3.63, 3.8) is 0 Å². The molecular formula is C19H14ClN3O2. The van der Waals surface area contributed by atoms with Crippen LogP contribution in [-0.4, -0.2) is 11.1 Å². The molecule has 0 radical (unpaired) electrons. The SMILES string of the molecule is N=Cc1cc(-c2ccc(Cl)cc2[N+](=O)[O-])ccc1Nc1ccccc1. The van der Waals surface area contributed by atoms with Gasteiger partial charge < -0.3 is 10.7 Å². The van der Waals surface area contributed by atoms with Crippen molar-refractivity contribution < 1.29 is 4.92 Å². The van der Waals surface area contributed by atoms with E-state index < -0.39 is 4.92 Å². The van der Waals surface area contributed by atoms with Gasteiger partial charge in [0.1, 0.15) is 0 Å². The number of benzene rings is 3. The molecule has 0 spiro atoms. The monoisotopic (exact) mass is 351 g/mol. The molecule has 0 saturated carbocycles. The third-order valence-electron chi connectivity index (χ3n) is 3.73. The van der Waals surface area contributed by atoms with Crippen molar-refractivity contribution in [1.29, 1.82) is 5.41 Å². The van der Waals surface area contributed by atoms with Gasteiger partial charge in [-0.1, -0.05) is 35.9 Å². The van der Waals surface area contributed by atoms with Crippen LogP contribution in [0.4, 0.5) is 17.1 Å². The normalized spacial score (nSPS) is 10.3. The van der Waals surface area contributed by atoms with Gasteiger partial charge >= 0.3 is 0 Å². The molecule has 124 valence electrons. The van der Waals surface area contributed by atoms with Crippen LogP contribution in [0.15, 0.2) is 66.7 Å². The Bertz CT molecular complexity index is 943. The van der Waals surface area contributed by atoms with Gasteiger partial charge in [-0.25, -0.2) is 0 Å². The van der Waals surface area contributed by atoms with Crippen LogP contribution in [0.1, 0.15) is 5.56 Å². The lowest BCUT2D eigenvalue weighted by molar-refractivity contribution is -0.384. The summed E-state index contributed by atoms with van der Waals surface area (Å²) in [5.41, 5.74) is 3.33. The third kappa shape index (κ3) is 3.67. The molecule has 0 unspecified atom stereocenters. The maximum absolute atomic E-state index is 11.3. The fourth-order valence-electron chi connectivity index (χ4n) is 2.54. The summed E-state index contributed by atoms with van der Waals surface area (Å²) in [7, 11) is 0. The molecule has 2 N–H and O–H groups in total. The Morgan fingerprint density at radius 1 is 1.04 bits per heavy atom. The van der Waals surface area contributed by atoms with Gasteiger partial charge in [0.15, 0.2) is 0 Å². The number of hydrogen-bond donors (Lipinski definition) is 2. The van der Waals surface area contributed by atoms with E-state index in [1.807, 2.05) is 30.3 Å². The lowest BCUT2D eigenvalue weighted by atomic mass is 10.0. The summed E-state index contributed by atoms with van der Waals surface area (Å²) in [6.45, 7) is 0. The molecule has 0 aliphatic heterocycles. The molecule has 0 amide bonds. The Labute approximate surface area is 149 Å². The molecule has 3 aromatic rings. The van der Waals surface area contributed by atoms with Crippen molar-refractivity contribution in [3.8, 4) is 11.1 Å².